The molecule has 4 rings (SSSR count). The number of nitrogens with one attached hydrogen (secondary N) is 1. The third kappa shape index (κ3) is 3.90. The minimum absolute atomic E-state index is 0.0275. The Bertz CT molecular complexity index is 1150. The summed E-state index contributed by atoms with van der Waals surface area (Å²) in [5, 5.41) is 3.32. The van der Waals surface area contributed by atoms with Crippen molar-refractivity contribution in [2.45, 2.75) is 46.6 Å². The van der Waals surface area contributed by atoms with Crippen molar-refractivity contribution < 1.29 is 14.3 Å². The summed E-state index contributed by atoms with van der Waals surface area (Å²) in [4.78, 5) is 17.5. The first-order valence-electron chi connectivity index (χ1n) is 10.9. The SMILES string of the molecule is CCCCOc1ccc([C@H]2C(C(C)=O)=C(C)Nc3nc4ccccc4n32)cc1OCC. The summed E-state index contributed by atoms with van der Waals surface area (Å²) >= 11 is 0. The fraction of sp³-hybridized carbons (Fsp3) is 0.360. The average Bonchev–Trinajstić information content (AvgIpc) is 3.11. The number of ketones is 1. The van der Waals surface area contributed by atoms with Crippen LogP contribution in [0.2, 0.25) is 0 Å². The summed E-state index contributed by atoms with van der Waals surface area (Å²) in [6, 6.07) is 13.6. The molecule has 1 aliphatic heterocycles. The molecule has 3 aromatic rings. The number of imidazole rings is 1. The van der Waals surface area contributed by atoms with Gasteiger partial charge in [-0.1, -0.05) is 31.5 Å². The number of rotatable bonds is 8. The van der Waals surface area contributed by atoms with Crippen LogP contribution in [0, 0.1) is 0 Å². The minimum Gasteiger partial charge on any atom is -0.490 e. The topological polar surface area (TPSA) is 65.4 Å². The summed E-state index contributed by atoms with van der Waals surface area (Å²) in [5.41, 5.74) is 4.36. The molecule has 1 aromatic heterocycles. The standard InChI is InChI=1S/C25H29N3O3/c1-5-7-14-31-21-13-12-18(15-22(21)30-6-2)24-23(17(4)29)16(3)26-25-27-19-10-8-9-11-20(19)28(24)25/h8-13,15,24H,5-7,14H2,1-4H3,(H,26,27)/t24-/m0/s1. The van der Waals surface area contributed by atoms with Gasteiger partial charge in [0.15, 0.2) is 17.3 Å². The van der Waals surface area contributed by atoms with E-state index in [9.17, 15) is 4.79 Å². The zero-order chi connectivity index (χ0) is 22.0. The Morgan fingerprint density at radius 2 is 1.94 bits per heavy atom. The van der Waals surface area contributed by atoms with E-state index in [2.05, 4.69) is 16.8 Å². The van der Waals surface area contributed by atoms with Gasteiger partial charge in [0.2, 0.25) is 5.95 Å². The maximum Gasteiger partial charge on any atom is 0.209 e. The first kappa shape index (κ1) is 21.0. The van der Waals surface area contributed by atoms with Crippen LogP contribution in [0.15, 0.2) is 53.7 Å². The predicted octanol–water partition coefficient (Wildman–Crippen LogP) is 5.49. The van der Waals surface area contributed by atoms with Crippen LogP contribution in [0.1, 0.15) is 52.1 Å². The Morgan fingerprint density at radius 3 is 2.68 bits per heavy atom. The van der Waals surface area contributed by atoms with Crippen LogP contribution in [-0.4, -0.2) is 28.5 Å². The number of hydrogen-bond acceptors (Lipinski definition) is 5. The molecule has 2 aromatic carbocycles. The van der Waals surface area contributed by atoms with Gasteiger partial charge in [0.1, 0.15) is 0 Å². The zero-order valence-electron chi connectivity index (χ0n) is 18.6. The molecule has 0 spiro atoms. The normalized spacial score (nSPS) is 15.5. The molecule has 162 valence electrons. The lowest BCUT2D eigenvalue weighted by Crippen LogP contribution is -2.27. The fourth-order valence-electron chi connectivity index (χ4n) is 4.14. The van der Waals surface area contributed by atoms with Crippen LogP contribution in [0.3, 0.4) is 0 Å². The van der Waals surface area contributed by atoms with Crippen LogP contribution in [0.5, 0.6) is 11.5 Å². The van der Waals surface area contributed by atoms with Crippen molar-refractivity contribution in [3.8, 4) is 11.5 Å². The number of ether oxygens (including phenoxy) is 2. The number of unbranched alkanes of at least 4 members (excludes halogenated alkanes) is 1. The smallest absolute Gasteiger partial charge is 0.209 e. The number of para-hydroxylation sites is 2. The third-order valence-electron chi connectivity index (χ3n) is 5.55. The maximum atomic E-state index is 12.7. The van der Waals surface area contributed by atoms with E-state index in [1.165, 1.54) is 0 Å². The largest absolute Gasteiger partial charge is 0.490 e. The second-order valence-electron chi connectivity index (χ2n) is 7.76. The number of carbonyl (C=O) groups excluding carboxylic acids is 1. The number of fused-ring (bicyclic) bond motifs is 3. The molecule has 6 heteroatoms. The molecule has 0 saturated heterocycles. The van der Waals surface area contributed by atoms with Crippen LogP contribution in [0.4, 0.5) is 5.95 Å². The van der Waals surface area contributed by atoms with Crippen molar-refractivity contribution in [2.24, 2.45) is 0 Å². The van der Waals surface area contributed by atoms with E-state index in [4.69, 9.17) is 14.5 Å². The van der Waals surface area contributed by atoms with Crippen molar-refractivity contribution in [1.82, 2.24) is 9.55 Å². The molecule has 0 saturated carbocycles. The van der Waals surface area contributed by atoms with Crippen LogP contribution >= 0.6 is 0 Å². The van der Waals surface area contributed by atoms with Crippen LogP contribution < -0.4 is 14.8 Å². The van der Waals surface area contributed by atoms with Gasteiger partial charge < -0.3 is 14.8 Å². The number of benzene rings is 2. The predicted molar refractivity (Wildman–Crippen MR) is 123 cm³/mol. The number of Topliss-reactive ketones (excluding diaryl/α,β-unsaturated/α-hetero) is 1. The first-order valence-corrected chi connectivity index (χ1v) is 10.9. The molecular weight excluding hydrogens is 390 g/mol. The summed E-state index contributed by atoms with van der Waals surface area (Å²) in [6.45, 7) is 8.82. The Labute approximate surface area is 182 Å². The third-order valence-corrected chi connectivity index (χ3v) is 5.55. The number of carbonyl (C=O) groups is 1. The van der Waals surface area contributed by atoms with Crippen LogP contribution in [-0.2, 0) is 4.79 Å². The maximum absolute atomic E-state index is 12.7. The lowest BCUT2D eigenvalue weighted by molar-refractivity contribution is -0.114. The van der Waals surface area contributed by atoms with Gasteiger partial charge in [0, 0.05) is 11.3 Å². The second-order valence-corrected chi connectivity index (χ2v) is 7.76. The van der Waals surface area contributed by atoms with E-state index in [1.807, 2.05) is 56.3 Å². The highest BCUT2D eigenvalue weighted by atomic mass is 16.5. The number of anilines is 1. The van der Waals surface area contributed by atoms with Gasteiger partial charge in [0.25, 0.3) is 0 Å². The highest BCUT2D eigenvalue weighted by Crippen LogP contribution is 2.41. The van der Waals surface area contributed by atoms with E-state index >= 15 is 0 Å². The molecule has 0 aliphatic carbocycles. The number of allylic oxidation sites excluding steroid dienone is 2. The van der Waals surface area contributed by atoms with Crippen molar-refractivity contribution >= 4 is 22.8 Å². The lowest BCUT2D eigenvalue weighted by Gasteiger charge is -2.30. The number of hydrogen-bond donors (Lipinski definition) is 1. The fourth-order valence-corrected chi connectivity index (χ4v) is 4.14. The molecule has 31 heavy (non-hydrogen) atoms. The van der Waals surface area contributed by atoms with Crippen molar-refractivity contribution in [3.63, 3.8) is 0 Å². The molecule has 0 amide bonds. The molecule has 0 fully saturated rings. The Hall–Kier alpha value is -3.28. The Balaban J connectivity index is 1.86. The van der Waals surface area contributed by atoms with Gasteiger partial charge >= 0.3 is 0 Å². The van der Waals surface area contributed by atoms with Crippen molar-refractivity contribution in [2.75, 3.05) is 18.5 Å². The second kappa shape index (κ2) is 8.84. The molecule has 2 heterocycles. The monoisotopic (exact) mass is 419 g/mol. The van der Waals surface area contributed by atoms with Gasteiger partial charge in [-0.2, -0.15) is 0 Å². The molecule has 1 atom stereocenters. The quantitative estimate of drug-likeness (QED) is 0.489. The van der Waals surface area contributed by atoms with Crippen LogP contribution in [0.25, 0.3) is 11.0 Å². The van der Waals surface area contributed by atoms with Gasteiger partial charge in [-0.05, 0) is 57.0 Å². The van der Waals surface area contributed by atoms with E-state index in [0.29, 0.717) is 19.0 Å². The summed E-state index contributed by atoms with van der Waals surface area (Å²) in [5.74, 6) is 2.18. The van der Waals surface area contributed by atoms with E-state index in [-0.39, 0.29) is 11.8 Å². The molecule has 0 unspecified atom stereocenters. The Morgan fingerprint density at radius 1 is 1.13 bits per heavy atom. The molecule has 0 bridgehead atoms. The van der Waals surface area contributed by atoms with Crippen molar-refractivity contribution in [1.29, 1.82) is 0 Å². The molecular formula is C25H29N3O3. The van der Waals surface area contributed by atoms with Gasteiger partial charge in [-0.25, -0.2) is 4.98 Å². The lowest BCUT2D eigenvalue weighted by atomic mass is 9.92. The van der Waals surface area contributed by atoms with Crippen molar-refractivity contribution in [3.05, 3.63) is 59.3 Å². The highest BCUT2D eigenvalue weighted by Gasteiger charge is 2.33. The highest BCUT2D eigenvalue weighted by molar-refractivity contribution is 5.97. The first-order chi connectivity index (χ1) is 15.0. The summed E-state index contributed by atoms with van der Waals surface area (Å²) in [6.07, 6.45) is 2.06. The summed E-state index contributed by atoms with van der Waals surface area (Å²) in [7, 11) is 0. The molecule has 0 radical (unpaired) electrons. The number of nitrogens with zero attached hydrogens (tertiary/aromatic N) is 2. The average molecular weight is 420 g/mol. The minimum atomic E-state index is -0.301. The molecule has 1 aliphatic rings. The van der Waals surface area contributed by atoms with E-state index < -0.39 is 0 Å². The van der Waals surface area contributed by atoms with Gasteiger partial charge in [-0.15, -0.1) is 0 Å². The molecule has 1 N–H and O–H groups in total. The number of aromatic nitrogens is 2. The zero-order valence-corrected chi connectivity index (χ0v) is 18.6. The summed E-state index contributed by atoms with van der Waals surface area (Å²) < 4.78 is 14.0. The van der Waals surface area contributed by atoms with E-state index in [0.717, 1.165) is 52.4 Å². The van der Waals surface area contributed by atoms with Gasteiger partial charge in [0.05, 0.1) is 30.3 Å². The van der Waals surface area contributed by atoms with Gasteiger partial charge in [-0.3, -0.25) is 9.36 Å². The van der Waals surface area contributed by atoms with E-state index in [1.54, 1.807) is 6.92 Å². The molecule has 6 nitrogen and oxygen atoms in total. The Kier molecular flexibility index (Phi) is 5.98.